The third-order valence-electron chi connectivity index (χ3n) is 5.32. The number of carbonyl (C=O) groups is 1. The monoisotopic (exact) mass is 347 g/mol. The molecule has 4 rings (SSSR count). The summed E-state index contributed by atoms with van der Waals surface area (Å²) < 4.78 is 2.01. The third kappa shape index (κ3) is 3.01. The van der Waals surface area contributed by atoms with Crippen LogP contribution in [0.2, 0.25) is 0 Å². The van der Waals surface area contributed by atoms with Crippen molar-refractivity contribution in [3.05, 3.63) is 70.9 Å². The number of hydrogen-bond donors (Lipinski definition) is 1. The lowest BCUT2D eigenvalue weighted by molar-refractivity contribution is 0.0725. The Kier molecular flexibility index (Phi) is 4.51. The molecule has 26 heavy (non-hydrogen) atoms. The van der Waals surface area contributed by atoms with Gasteiger partial charge in [-0.3, -0.25) is 4.79 Å². The minimum Gasteiger partial charge on any atom is -0.340 e. The maximum atomic E-state index is 13.1. The van der Waals surface area contributed by atoms with Crippen molar-refractivity contribution in [3.63, 3.8) is 0 Å². The van der Waals surface area contributed by atoms with Crippen molar-refractivity contribution >= 4 is 16.8 Å². The van der Waals surface area contributed by atoms with Gasteiger partial charge in [-0.2, -0.15) is 0 Å². The lowest BCUT2D eigenvalue weighted by Crippen LogP contribution is -2.36. The quantitative estimate of drug-likeness (QED) is 0.784. The first-order valence-corrected chi connectivity index (χ1v) is 9.32. The van der Waals surface area contributed by atoms with Crippen LogP contribution in [0.1, 0.15) is 34.1 Å². The Morgan fingerprint density at radius 3 is 2.77 bits per heavy atom. The predicted molar refractivity (Wildman–Crippen MR) is 105 cm³/mol. The van der Waals surface area contributed by atoms with Crippen LogP contribution in [0.5, 0.6) is 0 Å². The molecule has 2 aromatic carbocycles. The smallest absolute Gasteiger partial charge is 0.270 e. The van der Waals surface area contributed by atoms with Gasteiger partial charge in [0.05, 0.1) is 0 Å². The Labute approximate surface area is 154 Å². The van der Waals surface area contributed by atoms with Gasteiger partial charge in [0.25, 0.3) is 5.91 Å². The second-order valence-corrected chi connectivity index (χ2v) is 7.01. The molecule has 1 aromatic heterocycles. The zero-order valence-electron chi connectivity index (χ0n) is 15.5. The first-order valence-electron chi connectivity index (χ1n) is 9.32. The second kappa shape index (κ2) is 6.96. The average Bonchev–Trinajstić information content (AvgIpc) is 3.02. The standard InChI is InChI=1S/C22H25N3O/c1-3-23-14-16-8-9-19-15-25(11-10-17(19)12-16)22(26)21-13-18-6-4-5-7-20(18)24(21)2/h4-9,12-13,23H,3,10-11,14-15H2,1-2H3. The number of nitrogens with one attached hydrogen (secondary N) is 1. The number of aromatic nitrogens is 1. The van der Waals surface area contributed by atoms with Crippen LogP contribution in [0.4, 0.5) is 0 Å². The van der Waals surface area contributed by atoms with Gasteiger partial charge in [-0.05, 0) is 41.8 Å². The largest absolute Gasteiger partial charge is 0.340 e. The number of fused-ring (bicyclic) bond motifs is 2. The molecule has 0 saturated carbocycles. The van der Waals surface area contributed by atoms with E-state index in [4.69, 9.17) is 0 Å². The highest BCUT2D eigenvalue weighted by molar-refractivity contribution is 5.98. The molecular formula is C22H25N3O. The van der Waals surface area contributed by atoms with E-state index in [-0.39, 0.29) is 5.91 Å². The average molecular weight is 347 g/mol. The van der Waals surface area contributed by atoms with Gasteiger partial charge in [-0.25, -0.2) is 0 Å². The van der Waals surface area contributed by atoms with Crippen LogP contribution in [0.3, 0.4) is 0 Å². The molecular weight excluding hydrogens is 322 g/mol. The first-order chi connectivity index (χ1) is 12.7. The number of aryl methyl sites for hydroxylation is 1. The SMILES string of the molecule is CCNCc1ccc2c(c1)CCN(C(=O)c1cc3ccccc3n1C)C2. The van der Waals surface area contributed by atoms with Gasteiger partial charge in [-0.1, -0.05) is 43.3 Å². The van der Waals surface area contributed by atoms with Crippen molar-refractivity contribution in [3.8, 4) is 0 Å². The molecule has 0 radical (unpaired) electrons. The summed E-state index contributed by atoms with van der Waals surface area (Å²) >= 11 is 0. The fourth-order valence-electron chi connectivity index (χ4n) is 3.82. The predicted octanol–water partition coefficient (Wildman–Crippen LogP) is 3.49. The van der Waals surface area contributed by atoms with Crippen LogP contribution in [0.15, 0.2) is 48.5 Å². The topological polar surface area (TPSA) is 37.3 Å². The molecule has 134 valence electrons. The first kappa shape index (κ1) is 16.9. The molecule has 4 nitrogen and oxygen atoms in total. The molecule has 0 bridgehead atoms. The molecule has 0 atom stereocenters. The Balaban J connectivity index is 1.56. The lowest BCUT2D eigenvalue weighted by Gasteiger charge is -2.29. The fourth-order valence-corrected chi connectivity index (χ4v) is 3.82. The molecule has 0 aliphatic carbocycles. The summed E-state index contributed by atoms with van der Waals surface area (Å²) in [4.78, 5) is 15.1. The minimum absolute atomic E-state index is 0.117. The molecule has 1 N–H and O–H groups in total. The molecule has 0 spiro atoms. The summed E-state index contributed by atoms with van der Waals surface area (Å²) in [5, 5.41) is 4.49. The molecule has 3 aromatic rings. The summed E-state index contributed by atoms with van der Waals surface area (Å²) in [5.74, 6) is 0.117. The summed E-state index contributed by atoms with van der Waals surface area (Å²) in [6, 6.07) is 16.8. The van der Waals surface area contributed by atoms with Crippen LogP contribution in [0, 0.1) is 0 Å². The van der Waals surface area contributed by atoms with Crippen LogP contribution < -0.4 is 5.32 Å². The normalized spacial score (nSPS) is 13.8. The molecule has 1 aliphatic rings. The Hall–Kier alpha value is -2.59. The summed E-state index contributed by atoms with van der Waals surface area (Å²) in [7, 11) is 1.97. The molecule has 0 fully saturated rings. The van der Waals surface area contributed by atoms with E-state index in [1.165, 1.54) is 16.7 Å². The van der Waals surface area contributed by atoms with Crippen LogP contribution in [-0.4, -0.2) is 28.5 Å². The number of amides is 1. The van der Waals surface area contributed by atoms with Gasteiger partial charge in [0.2, 0.25) is 0 Å². The molecule has 0 saturated heterocycles. The van der Waals surface area contributed by atoms with E-state index < -0.39 is 0 Å². The summed E-state index contributed by atoms with van der Waals surface area (Å²) in [6.45, 7) is 5.47. The van der Waals surface area contributed by atoms with E-state index in [1.54, 1.807) is 0 Å². The summed E-state index contributed by atoms with van der Waals surface area (Å²) in [6.07, 6.45) is 0.922. The van der Waals surface area contributed by atoms with Gasteiger partial charge < -0.3 is 14.8 Å². The zero-order chi connectivity index (χ0) is 18.1. The van der Waals surface area contributed by atoms with Gasteiger partial charge in [-0.15, -0.1) is 0 Å². The van der Waals surface area contributed by atoms with E-state index in [1.807, 2.05) is 34.7 Å². The van der Waals surface area contributed by atoms with Crippen molar-refractivity contribution in [2.24, 2.45) is 7.05 Å². The van der Waals surface area contributed by atoms with E-state index in [9.17, 15) is 4.79 Å². The van der Waals surface area contributed by atoms with Crippen molar-refractivity contribution in [2.45, 2.75) is 26.4 Å². The van der Waals surface area contributed by atoms with Crippen molar-refractivity contribution in [1.29, 1.82) is 0 Å². The highest BCUT2D eigenvalue weighted by atomic mass is 16.2. The van der Waals surface area contributed by atoms with Gasteiger partial charge >= 0.3 is 0 Å². The molecule has 1 amide bonds. The Bertz CT molecular complexity index is 957. The van der Waals surface area contributed by atoms with Gasteiger partial charge in [0.15, 0.2) is 0 Å². The van der Waals surface area contributed by atoms with Crippen molar-refractivity contribution in [1.82, 2.24) is 14.8 Å². The van der Waals surface area contributed by atoms with Crippen LogP contribution in [-0.2, 0) is 26.6 Å². The Morgan fingerprint density at radius 1 is 1.12 bits per heavy atom. The van der Waals surface area contributed by atoms with Gasteiger partial charge in [0, 0.05) is 37.6 Å². The van der Waals surface area contributed by atoms with Crippen molar-refractivity contribution in [2.75, 3.05) is 13.1 Å². The minimum atomic E-state index is 0.117. The molecule has 2 heterocycles. The highest BCUT2D eigenvalue weighted by Crippen LogP contribution is 2.24. The molecule has 4 heteroatoms. The number of para-hydroxylation sites is 1. The van der Waals surface area contributed by atoms with Crippen molar-refractivity contribution < 1.29 is 4.79 Å². The van der Waals surface area contributed by atoms with E-state index in [2.05, 4.69) is 42.6 Å². The second-order valence-electron chi connectivity index (χ2n) is 7.01. The van der Waals surface area contributed by atoms with Gasteiger partial charge in [0.1, 0.15) is 5.69 Å². The zero-order valence-corrected chi connectivity index (χ0v) is 15.5. The number of nitrogens with zero attached hydrogens (tertiary/aromatic N) is 2. The molecule has 1 aliphatic heterocycles. The van der Waals surface area contributed by atoms with E-state index in [0.29, 0.717) is 6.54 Å². The molecule has 0 unspecified atom stereocenters. The lowest BCUT2D eigenvalue weighted by atomic mass is 9.97. The Morgan fingerprint density at radius 2 is 1.96 bits per heavy atom. The van der Waals surface area contributed by atoms with Crippen LogP contribution >= 0.6 is 0 Å². The van der Waals surface area contributed by atoms with E-state index >= 15 is 0 Å². The highest BCUT2D eigenvalue weighted by Gasteiger charge is 2.24. The van der Waals surface area contributed by atoms with Crippen LogP contribution in [0.25, 0.3) is 10.9 Å². The summed E-state index contributed by atoms with van der Waals surface area (Å²) in [5.41, 5.74) is 5.82. The number of benzene rings is 2. The van der Waals surface area contributed by atoms with E-state index in [0.717, 1.165) is 42.7 Å². The fraction of sp³-hybridized carbons (Fsp3) is 0.318. The third-order valence-corrected chi connectivity index (χ3v) is 5.32. The number of hydrogen-bond acceptors (Lipinski definition) is 2. The maximum absolute atomic E-state index is 13.1. The number of carbonyl (C=O) groups excluding carboxylic acids is 1. The number of rotatable bonds is 4. The maximum Gasteiger partial charge on any atom is 0.270 e.